The van der Waals surface area contributed by atoms with Crippen molar-refractivity contribution < 1.29 is 9.47 Å². The largest absolute Gasteiger partial charge is 0.493 e. The Morgan fingerprint density at radius 2 is 2.06 bits per heavy atom. The first-order chi connectivity index (χ1) is 15.4. The van der Waals surface area contributed by atoms with E-state index in [4.69, 9.17) is 26.2 Å². The van der Waals surface area contributed by atoms with E-state index in [1.807, 2.05) is 38.5 Å². The maximum atomic E-state index is 9.51. The fourth-order valence-electron chi connectivity index (χ4n) is 3.42. The summed E-state index contributed by atoms with van der Waals surface area (Å²) in [6.07, 6.45) is 2.64. The number of hydrogen-bond acceptors (Lipinski definition) is 11. The number of nitriles is 2. The van der Waals surface area contributed by atoms with Gasteiger partial charge in [0, 0.05) is 17.7 Å². The lowest BCUT2D eigenvalue weighted by Gasteiger charge is -2.27. The molecular weight excluding hydrogens is 410 g/mol. The average Bonchev–Trinajstić information content (AvgIpc) is 2.76. The Bertz CT molecular complexity index is 1120. The van der Waals surface area contributed by atoms with Crippen LogP contribution in [0, 0.1) is 22.8 Å². The molecule has 1 aromatic carbocycles. The molecule has 2 aromatic rings. The molecule has 1 unspecified atom stereocenters. The van der Waals surface area contributed by atoms with Gasteiger partial charge in [-0.1, -0.05) is 12.1 Å². The zero-order valence-corrected chi connectivity index (χ0v) is 18.1. The van der Waals surface area contributed by atoms with E-state index in [1.54, 1.807) is 13.2 Å². The normalized spacial score (nSPS) is 14.4. The molecule has 1 aliphatic rings. The summed E-state index contributed by atoms with van der Waals surface area (Å²) >= 11 is 0. The molecule has 0 aliphatic carbocycles. The number of guanidine groups is 1. The van der Waals surface area contributed by atoms with Crippen LogP contribution in [0.15, 0.2) is 23.2 Å². The molecule has 0 saturated carbocycles. The van der Waals surface area contributed by atoms with Crippen LogP contribution < -0.4 is 31.6 Å². The van der Waals surface area contributed by atoms with Gasteiger partial charge in [0.2, 0.25) is 5.96 Å². The highest BCUT2D eigenvalue weighted by Gasteiger charge is 2.32. The molecule has 0 fully saturated rings. The van der Waals surface area contributed by atoms with E-state index < -0.39 is 6.04 Å². The van der Waals surface area contributed by atoms with Crippen molar-refractivity contribution in [3.8, 4) is 23.8 Å². The van der Waals surface area contributed by atoms with Gasteiger partial charge >= 0.3 is 0 Å². The minimum absolute atomic E-state index is 0.0148. The zero-order valence-electron chi connectivity index (χ0n) is 18.1. The number of nitrogens with one attached hydrogen (secondary N) is 2. The minimum atomic E-state index is -0.721. The summed E-state index contributed by atoms with van der Waals surface area (Å²) in [6, 6.07) is 6.70. The third kappa shape index (κ3) is 4.43. The van der Waals surface area contributed by atoms with Gasteiger partial charge < -0.3 is 31.2 Å². The summed E-state index contributed by atoms with van der Waals surface area (Å²) < 4.78 is 11.6. The van der Waals surface area contributed by atoms with Crippen LogP contribution in [0.2, 0.25) is 0 Å². The van der Waals surface area contributed by atoms with Crippen molar-refractivity contribution in [3.05, 3.63) is 34.9 Å². The van der Waals surface area contributed by atoms with Crippen LogP contribution in [-0.4, -0.2) is 50.2 Å². The summed E-state index contributed by atoms with van der Waals surface area (Å²) in [5.41, 5.74) is 13.6. The number of hydrogen-bond donors (Lipinski definition) is 4. The van der Waals surface area contributed by atoms with Crippen LogP contribution >= 0.6 is 0 Å². The Balaban J connectivity index is 2.14. The van der Waals surface area contributed by atoms with Gasteiger partial charge in [0.25, 0.3) is 0 Å². The van der Waals surface area contributed by atoms with E-state index in [0.717, 1.165) is 13.0 Å². The number of rotatable bonds is 7. The van der Waals surface area contributed by atoms with Crippen molar-refractivity contribution in [2.45, 2.75) is 12.5 Å². The summed E-state index contributed by atoms with van der Waals surface area (Å²) in [4.78, 5) is 10.9. The van der Waals surface area contributed by atoms with Gasteiger partial charge in [0.15, 0.2) is 17.7 Å². The summed E-state index contributed by atoms with van der Waals surface area (Å²) in [5.74, 6) is 1.49. The number of ether oxygens (including phenoxy) is 2. The van der Waals surface area contributed by atoms with E-state index >= 15 is 0 Å². The van der Waals surface area contributed by atoms with Gasteiger partial charge in [0.1, 0.15) is 29.3 Å². The maximum Gasteiger partial charge on any atom is 0.211 e. The number of aromatic nitrogens is 1. The van der Waals surface area contributed by atoms with Crippen LogP contribution in [0.1, 0.15) is 29.2 Å². The first-order valence-electron chi connectivity index (χ1n) is 9.84. The topological polar surface area (TPSA) is 171 Å². The highest BCUT2D eigenvalue weighted by atomic mass is 16.5. The molecule has 32 heavy (non-hydrogen) atoms. The Morgan fingerprint density at radius 3 is 2.72 bits per heavy atom. The number of nitrogens with two attached hydrogens (primary N) is 2. The summed E-state index contributed by atoms with van der Waals surface area (Å²) in [6.45, 7) is 1.31. The first kappa shape index (κ1) is 22.5. The molecule has 0 amide bonds. The fourth-order valence-corrected chi connectivity index (χ4v) is 3.42. The zero-order chi connectivity index (χ0) is 23.3. The van der Waals surface area contributed by atoms with Crippen LogP contribution in [0.5, 0.6) is 11.5 Å². The smallest absolute Gasteiger partial charge is 0.211 e. The van der Waals surface area contributed by atoms with Crippen molar-refractivity contribution in [2.24, 2.45) is 4.99 Å². The second-order valence-electron chi connectivity index (χ2n) is 7.29. The van der Waals surface area contributed by atoms with Gasteiger partial charge in [-0.25, -0.2) is 9.98 Å². The van der Waals surface area contributed by atoms with E-state index in [-0.39, 0.29) is 23.0 Å². The number of aliphatic imine (C=N–C) groups is 1. The molecular formula is C21H25N9O2. The molecule has 0 saturated heterocycles. The molecule has 0 spiro atoms. The molecule has 6 N–H and O–H groups in total. The van der Waals surface area contributed by atoms with E-state index in [1.165, 1.54) is 0 Å². The Labute approximate surface area is 186 Å². The van der Waals surface area contributed by atoms with E-state index in [0.29, 0.717) is 35.1 Å². The Morgan fingerprint density at radius 1 is 1.28 bits per heavy atom. The molecule has 2 heterocycles. The Kier molecular flexibility index (Phi) is 6.83. The van der Waals surface area contributed by atoms with Crippen LogP contribution in [0.4, 0.5) is 17.3 Å². The number of methoxy groups -OCH3 is 1. The number of para-hydroxylation sites is 1. The van der Waals surface area contributed by atoms with Crippen molar-refractivity contribution in [1.82, 2.24) is 15.2 Å². The first-order valence-corrected chi connectivity index (χ1v) is 9.84. The second kappa shape index (κ2) is 9.73. The SMILES string of the molecule is COc1cccc(C2N=C(NC#N)Nc3nc(N)c(C#N)c(N)c32)c1OCCCN(C)C. The van der Waals surface area contributed by atoms with Crippen LogP contribution in [0.3, 0.4) is 0 Å². The number of nitrogen functional groups attached to an aromatic ring is 2. The monoisotopic (exact) mass is 435 g/mol. The summed E-state index contributed by atoms with van der Waals surface area (Å²) in [5, 5.41) is 24.0. The maximum absolute atomic E-state index is 9.51. The lowest BCUT2D eigenvalue weighted by Crippen LogP contribution is -2.33. The number of fused-ring (bicyclic) bond motifs is 1. The lowest BCUT2D eigenvalue weighted by atomic mass is 9.94. The highest BCUT2D eigenvalue weighted by molar-refractivity contribution is 5.98. The number of anilines is 3. The van der Waals surface area contributed by atoms with Gasteiger partial charge in [-0.3, -0.25) is 5.32 Å². The van der Waals surface area contributed by atoms with Crippen molar-refractivity contribution in [1.29, 1.82) is 10.5 Å². The van der Waals surface area contributed by atoms with Gasteiger partial charge in [0.05, 0.1) is 19.4 Å². The predicted molar refractivity (Wildman–Crippen MR) is 121 cm³/mol. The van der Waals surface area contributed by atoms with E-state index in [2.05, 4.69) is 25.5 Å². The molecule has 11 heteroatoms. The molecule has 3 rings (SSSR count). The molecule has 0 bridgehead atoms. The number of nitrogens with zero attached hydrogens (tertiary/aromatic N) is 5. The van der Waals surface area contributed by atoms with Crippen LogP contribution in [-0.2, 0) is 0 Å². The molecule has 166 valence electrons. The number of benzene rings is 1. The second-order valence-corrected chi connectivity index (χ2v) is 7.29. The van der Waals surface area contributed by atoms with E-state index in [9.17, 15) is 5.26 Å². The average molecular weight is 435 g/mol. The molecule has 1 aromatic heterocycles. The fraction of sp³-hybridized carbons (Fsp3) is 0.333. The molecule has 11 nitrogen and oxygen atoms in total. The quantitative estimate of drug-likeness (QED) is 0.283. The number of pyridine rings is 1. The third-order valence-corrected chi connectivity index (χ3v) is 4.88. The molecule has 1 atom stereocenters. The van der Waals surface area contributed by atoms with Crippen molar-refractivity contribution >= 4 is 23.3 Å². The minimum Gasteiger partial charge on any atom is -0.493 e. The van der Waals surface area contributed by atoms with Gasteiger partial charge in [-0.15, -0.1) is 0 Å². The molecule has 1 aliphatic heterocycles. The highest BCUT2D eigenvalue weighted by Crippen LogP contribution is 2.45. The predicted octanol–water partition coefficient (Wildman–Crippen LogP) is 1.40. The lowest BCUT2D eigenvalue weighted by molar-refractivity contribution is 0.265. The third-order valence-electron chi connectivity index (χ3n) is 4.88. The van der Waals surface area contributed by atoms with Gasteiger partial charge in [-0.2, -0.15) is 10.5 Å². The summed E-state index contributed by atoms with van der Waals surface area (Å²) in [7, 11) is 5.54. The Hall–Kier alpha value is -4.22. The van der Waals surface area contributed by atoms with Crippen LogP contribution in [0.25, 0.3) is 0 Å². The van der Waals surface area contributed by atoms with Crippen molar-refractivity contribution in [2.75, 3.05) is 51.1 Å². The standard InChI is InChI=1S/C21H25N9O2/c1-30(2)8-5-9-32-18-12(6-4-7-14(18)31-3)17-15-16(24)13(10-22)19(25)28-20(15)29-21(27-17)26-11-23/h4,6-7,17H,5,8-9H2,1-3H3,(H6,24,25,26,27,28,29). The molecule has 0 radical (unpaired) electrons. The van der Waals surface area contributed by atoms with Gasteiger partial charge in [-0.05, 0) is 26.6 Å². The van der Waals surface area contributed by atoms with Crippen molar-refractivity contribution in [3.63, 3.8) is 0 Å².